The number of benzene rings is 6. The van der Waals surface area contributed by atoms with Crippen molar-refractivity contribution in [2.45, 2.75) is 25.7 Å². The third-order valence-electron chi connectivity index (χ3n) is 10.7. The highest BCUT2D eigenvalue weighted by atomic mass is 15.1. The van der Waals surface area contributed by atoms with Gasteiger partial charge in [0.05, 0.1) is 22.8 Å². The molecule has 0 spiro atoms. The molecule has 7 aromatic rings. The standard InChI is InChI=1S/C47H39N3/c1-47(2)39-24-14-13-22-38(39)45-40(47)26-27-44(46(45)37-23-15-25-43-36(37)28-29-49(43)3)50(34-20-11-6-12-21-34)35-30-41(32-16-7-4-8-17-32)48-42(31-35)33-18-9-5-10-19-33/h4-27,30-31H,28-29H2,1-3H3. The lowest BCUT2D eigenvalue weighted by Crippen LogP contribution is -2.16. The topological polar surface area (TPSA) is 19.4 Å². The zero-order valence-corrected chi connectivity index (χ0v) is 28.8. The fourth-order valence-electron chi connectivity index (χ4n) is 8.23. The molecule has 50 heavy (non-hydrogen) atoms. The van der Waals surface area contributed by atoms with E-state index in [0.717, 1.165) is 52.5 Å². The summed E-state index contributed by atoms with van der Waals surface area (Å²) < 4.78 is 0. The van der Waals surface area contributed by atoms with E-state index in [9.17, 15) is 0 Å². The van der Waals surface area contributed by atoms with Crippen LogP contribution in [0.3, 0.4) is 0 Å². The number of rotatable bonds is 6. The van der Waals surface area contributed by atoms with Gasteiger partial charge >= 0.3 is 0 Å². The molecule has 9 rings (SSSR count). The Hall–Kier alpha value is -5.93. The molecule has 0 amide bonds. The fraction of sp³-hybridized carbons (Fsp3) is 0.128. The van der Waals surface area contributed by atoms with E-state index in [0.29, 0.717) is 0 Å². The number of para-hydroxylation sites is 1. The van der Waals surface area contributed by atoms with Gasteiger partial charge in [-0.15, -0.1) is 0 Å². The Morgan fingerprint density at radius 1 is 0.560 bits per heavy atom. The molecule has 0 radical (unpaired) electrons. The van der Waals surface area contributed by atoms with E-state index in [1.165, 1.54) is 44.6 Å². The lowest BCUT2D eigenvalue weighted by Gasteiger charge is -2.31. The average molecular weight is 646 g/mol. The maximum Gasteiger partial charge on any atom is 0.0730 e. The van der Waals surface area contributed by atoms with Crippen molar-refractivity contribution < 1.29 is 0 Å². The molecule has 3 nitrogen and oxygen atoms in total. The second-order valence-corrected chi connectivity index (χ2v) is 14.0. The summed E-state index contributed by atoms with van der Waals surface area (Å²) in [5, 5.41) is 0. The molecule has 1 aliphatic heterocycles. The van der Waals surface area contributed by atoms with Crippen molar-refractivity contribution >= 4 is 22.7 Å². The van der Waals surface area contributed by atoms with Gasteiger partial charge in [-0.25, -0.2) is 4.98 Å². The van der Waals surface area contributed by atoms with Gasteiger partial charge in [-0.3, -0.25) is 0 Å². The molecule has 2 heterocycles. The van der Waals surface area contributed by atoms with Gasteiger partial charge in [-0.05, 0) is 76.2 Å². The minimum atomic E-state index is -0.122. The number of hydrogen-bond acceptors (Lipinski definition) is 3. The van der Waals surface area contributed by atoms with Crippen LogP contribution >= 0.6 is 0 Å². The summed E-state index contributed by atoms with van der Waals surface area (Å²) in [6.45, 7) is 5.77. The monoisotopic (exact) mass is 645 g/mol. The molecule has 0 N–H and O–H groups in total. The van der Waals surface area contributed by atoms with E-state index < -0.39 is 0 Å². The lowest BCUT2D eigenvalue weighted by atomic mass is 9.81. The molecule has 0 atom stereocenters. The molecule has 0 bridgehead atoms. The van der Waals surface area contributed by atoms with Gasteiger partial charge < -0.3 is 9.80 Å². The largest absolute Gasteiger partial charge is 0.374 e. The zero-order valence-electron chi connectivity index (χ0n) is 28.8. The normalized spacial score (nSPS) is 13.9. The number of fused-ring (bicyclic) bond motifs is 4. The van der Waals surface area contributed by atoms with Crippen LogP contribution in [0.25, 0.3) is 44.8 Å². The minimum Gasteiger partial charge on any atom is -0.374 e. The molecule has 0 fully saturated rings. The molecule has 0 saturated heterocycles. The van der Waals surface area contributed by atoms with E-state index in [4.69, 9.17) is 4.98 Å². The van der Waals surface area contributed by atoms with Gasteiger partial charge in [0.25, 0.3) is 0 Å². The molecule has 6 aromatic carbocycles. The molecule has 1 aromatic heterocycles. The molecule has 3 heteroatoms. The molecule has 242 valence electrons. The lowest BCUT2D eigenvalue weighted by molar-refractivity contribution is 0.660. The Balaban J connectivity index is 1.39. The third kappa shape index (κ3) is 4.84. The number of likely N-dealkylation sites (N-methyl/N-ethyl adjacent to an activating group) is 1. The van der Waals surface area contributed by atoms with Crippen molar-refractivity contribution in [1.82, 2.24) is 4.98 Å². The second kappa shape index (κ2) is 11.9. The Bertz CT molecular complexity index is 2300. The third-order valence-corrected chi connectivity index (χ3v) is 10.7. The minimum absolute atomic E-state index is 0.122. The maximum atomic E-state index is 5.25. The Kier molecular flexibility index (Phi) is 7.17. The van der Waals surface area contributed by atoms with Crippen LogP contribution in [0.2, 0.25) is 0 Å². The number of hydrogen-bond donors (Lipinski definition) is 0. The number of pyridine rings is 1. The van der Waals surface area contributed by atoms with Gasteiger partial charge in [0.15, 0.2) is 0 Å². The number of nitrogens with zero attached hydrogens (tertiary/aromatic N) is 3. The van der Waals surface area contributed by atoms with E-state index in [-0.39, 0.29) is 5.41 Å². The van der Waals surface area contributed by atoms with Gasteiger partial charge in [0, 0.05) is 47.1 Å². The molecule has 1 aliphatic carbocycles. The van der Waals surface area contributed by atoms with Crippen molar-refractivity contribution in [3.63, 3.8) is 0 Å². The highest BCUT2D eigenvalue weighted by Gasteiger charge is 2.39. The van der Waals surface area contributed by atoms with E-state index >= 15 is 0 Å². The number of anilines is 4. The molecular weight excluding hydrogens is 607 g/mol. The van der Waals surface area contributed by atoms with Gasteiger partial charge in [0.1, 0.15) is 0 Å². The quantitative estimate of drug-likeness (QED) is 0.179. The fourth-order valence-corrected chi connectivity index (χ4v) is 8.23. The summed E-state index contributed by atoms with van der Waals surface area (Å²) in [4.78, 5) is 10.1. The summed E-state index contributed by atoms with van der Waals surface area (Å²) in [5.74, 6) is 0. The second-order valence-electron chi connectivity index (χ2n) is 14.0. The summed E-state index contributed by atoms with van der Waals surface area (Å²) >= 11 is 0. The maximum absolute atomic E-state index is 5.25. The van der Waals surface area contributed by atoms with Crippen molar-refractivity contribution in [3.05, 3.63) is 174 Å². The predicted octanol–water partition coefficient (Wildman–Crippen LogP) is 11.9. The van der Waals surface area contributed by atoms with E-state index in [2.05, 4.69) is 188 Å². The first-order chi connectivity index (χ1) is 24.5. The van der Waals surface area contributed by atoms with Crippen molar-refractivity contribution in [2.75, 3.05) is 23.4 Å². The first-order valence-corrected chi connectivity index (χ1v) is 17.6. The van der Waals surface area contributed by atoms with Crippen molar-refractivity contribution in [1.29, 1.82) is 0 Å². The van der Waals surface area contributed by atoms with Crippen LogP contribution in [0.5, 0.6) is 0 Å². The van der Waals surface area contributed by atoms with Crippen LogP contribution in [0, 0.1) is 0 Å². The smallest absolute Gasteiger partial charge is 0.0730 e. The molecule has 0 saturated carbocycles. The van der Waals surface area contributed by atoms with Crippen molar-refractivity contribution in [3.8, 4) is 44.8 Å². The Morgan fingerprint density at radius 2 is 1.16 bits per heavy atom. The first-order valence-electron chi connectivity index (χ1n) is 17.6. The Labute approximate surface area is 295 Å². The van der Waals surface area contributed by atoms with Gasteiger partial charge in [-0.2, -0.15) is 0 Å². The van der Waals surface area contributed by atoms with Gasteiger partial charge in [0.2, 0.25) is 0 Å². The van der Waals surface area contributed by atoms with E-state index in [1.54, 1.807) is 0 Å². The summed E-state index contributed by atoms with van der Waals surface area (Å²) in [6, 6.07) is 57.1. The zero-order chi connectivity index (χ0) is 33.8. The molecule has 0 unspecified atom stereocenters. The van der Waals surface area contributed by atoms with Crippen LogP contribution in [0.15, 0.2) is 158 Å². The number of aromatic nitrogens is 1. The van der Waals surface area contributed by atoms with Crippen LogP contribution < -0.4 is 9.80 Å². The Morgan fingerprint density at radius 3 is 1.84 bits per heavy atom. The van der Waals surface area contributed by atoms with Crippen LogP contribution in [0.4, 0.5) is 22.7 Å². The summed E-state index contributed by atoms with van der Waals surface area (Å²) in [6.07, 6.45) is 1.02. The van der Waals surface area contributed by atoms with Crippen LogP contribution in [-0.2, 0) is 11.8 Å². The van der Waals surface area contributed by atoms with Crippen molar-refractivity contribution in [2.24, 2.45) is 0 Å². The first kappa shape index (κ1) is 30.2. The average Bonchev–Trinajstić information content (AvgIpc) is 3.66. The SMILES string of the molecule is CN1CCc2c(-c3c(N(c4ccccc4)c4cc(-c5ccccc5)nc(-c5ccccc5)c4)ccc4c3-c3ccccc3C4(C)C)cccc21. The predicted molar refractivity (Wildman–Crippen MR) is 210 cm³/mol. The van der Waals surface area contributed by atoms with E-state index in [1.807, 2.05) is 0 Å². The van der Waals surface area contributed by atoms with Gasteiger partial charge in [-0.1, -0.05) is 135 Å². The summed E-state index contributed by atoms with van der Waals surface area (Å²) in [7, 11) is 2.22. The van der Waals surface area contributed by atoms with Crippen LogP contribution in [0.1, 0.15) is 30.5 Å². The van der Waals surface area contributed by atoms with Crippen LogP contribution in [-0.4, -0.2) is 18.6 Å². The molecule has 2 aliphatic rings. The molecular formula is C47H39N3. The summed E-state index contributed by atoms with van der Waals surface area (Å²) in [5.41, 5.74) is 18.0. The highest BCUT2D eigenvalue weighted by molar-refractivity contribution is 6.03. The highest BCUT2D eigenvalue weighted by Crippen LogP contribution is 2.57.